The Balaban J connectivity index is 1.27. The summed E-state index contributed by atoms with van der Waals surface area (Å²) in [6, 6.07) is 0. The van der Waals surface area contributed by atoms with Crippen molar-refractivity contribution in [3.05, 3.63) is 0 Å². The minimum Gasteiger partial charge on any atom is -0.457 e. The van der Waals surface area contributed by atoms with Crippen LogP contribution in [0.15, 0.2) is 0 Å². The third kappa shape index (κ3) is 4.68. The number of ether oxygens (including phenoxy) is 6. The van der Waals surface area contributed by atoms with Gasteiger partial charge in [-0.3, -0.25) is 4.79 Å². The summed E-state index contributed by atoms with van der Waals surface area (Å²) < 4.78 is 35.2. The topological polar surface area (TPSA) is 113 Å². The lowest BCUT2D eigenvalue weighted by molar-refractivity contribution is -0.335. The summed E-state index contributed by atoms with van der Waals surface area (Å²) in [5, 5.41) is 23.5. The number of hydrogen-bond acceptors (Lipinski definition) is 9. The van der Waals surface area contributed by atoms with Crippen LogP contribution < -0.4 is 0 Å². The number of methoxy groups -OCH3 is 2. The van der Waals surface area contributed by atoms with E-state index in [0.717, 1.165) is 32.1 Å². The maximum Gasteiger partial charge on any atom is 0.303 e. The van der Waals surface area contributed by atoms with Crippen LogP contribution in [-0.2, 0) is 33.2 Å². The average molecular weight is 637 g/mol. The Morgan fingerprint density at radius 1 is 1.02 bits per heavy atom. The van der Waals surface area contributed by atoms with Crippen molar-refractivity contribution < 1.29 is 43.4 Å². The molecule has 0 radical (unpaired) electrons. The maximum atomic E-state index is 12.5. The van der Waals surface area contributed by atoms with Crippen LogP contribution in [0.4, 0.5) is 0 Å². The molecule has 6 fully saturated rings. The van der Waals surface area contributed by atoms with Crippen LogP contribution in [0, 0.1) is 50.7 Å². The summed E-state index contributed by atoms with van der Waals surface area (Å²) in [6.07, 6.45) is 6.31. The Morgan fingerprint density at radius 3 is 2.31 bits per heavy atom. The van der Waals surface area contributed by atoms with Gasteiger partial charge in [-0.25, -0.2) is 0 Å². The van der Waals surface area contributed by atoms with Gasteiger partial charge in [-0.05, 0) is 111 Å². The van der Waals surface area contributed by atoms with Gasteiger partial charge in [0.2, 0.25) is 0 Å². The van der Waals surface area contributed by atoms with Crippen LogP contribution in [0.2, 0.25) is 0 Å². The van der Waals surface area contributed by atoms with Gasteiger partial charge in [0, 0.05) is 26.6 Å². The highest BCUT2D eigenvalue weighted by Crippen LogP contribution is 2.89. The monoisotopic (exact) mass is 636 g/mol. The third-order valence-corrected chi connectivity index (χ3v) is 14.9. The second kappa shape index (κ2) is 11.1. The fourth-order valence-electron chi connectivity index (χ4n) is 13.0. The molecule has 0 amide bonds. The average Bonchev–Trinajstić information content (AvgIpc) is 3.59. The number of rotatable bonds is 9. The van der Waals surface area contributed by atoms with Crippen LogP contribution in [0.5, 0.6) is 0 Å². The Bertz CT molecular complexity index is 1140. The van der Waals surface area contributed by atoms with Gasteiger partial charge in [0.25, 0.3) is 6.48 Å². The normalized spacial score (nSPS) is 49.4. The number of esters is 1. The van der Waals surface area contributed by atoms with Crippen LogP contribution in [0.3, 0.4) is 0 Å². The van der Waals surface area contributed by atoms with E-state index >= 15 is 0 Å². The molecule has 1 unspecified atom stereocenters. The summed E-state index contributed by atoms with van der Waals surface area (Å²) in [4.78, 5) is 12.0. The van der Waals surface area contributed by atoms with Crippen molar-refractivity contribution >= 4 is 5.97 Å². The Hall–Kier alpha value is -0.810. The van der Waals surface area contributed by atoms with Gasteiger partial charge in [0.1, 0.15) is 0 Å². The molecule has 0 aromatic heterocycles. The molecule has 6 rings (SSSR count). The van der Waals surface area contributed by atoms with Crippen LogP contribution >= 0.6 is 0 Å². The highest BCUT2D eigenvalue weighted by Gasteiger charge is 2.84. The second-order valence-electron chi connectivity index (χ2n) is 17.5. The predicted molar refractivity (Wildman–Crippen MR) is 167 cm³/mol. The first-order chi connectivity index (χ1) is 20.9. The van der Waals surface area contributed by atoms with Crippen molar-refractivity contribution in [2.75, 3.05) is 21.0 Å². The van der Waals surface area contributed by atoms with E-state index in [-0.39, 0.29) is 57.9 Å². The molecule has 5 saturated carbocycles. The Labute approximate surface area is 270 Å². The zero-order valence-corrected chi connectivity index (χ0v) is 29.4. The van der Waals surface area contributed by atoms with E-state index in [4.69, 9.17) is 28.4 Å². The van der Waals surface area contributed by atoms with Crippen LogP contribution in [-0.4, -0.2) is 79.8 Å². The molecule has 5 aliphatic carbocycles. The summed E-state index contributed by atoms with van der Waals surface area (Å²) >= 11 is 0. The Kier molecular flexibility index (Phi) is 8.41. The molecule has 1 saturated heterocycles. The molecule has 2 spiro atoms. The molecule has 2 N–H and O–H groups in total. The Morgan fingerprint density at radius 2 is 1.69 bits per heavy atom. The van der Waals surface area contributed by atoms with E-state index in [9.17, 15) is 15.0 Å². The molecule has 1 aliphatic heterocycles. The van der Waals surface area contributed by atoms with Crippen molar-refractivity contribution in [1.82, 2.24) is 0 Å². The lowest BCUT2D eigenvalue weighted by Gasteiger charge is -2.63. The molecule has 9 heteroatoms. The first-order valence-electron chi connectivity index (χ1n) is 17.5. The van der Waals surface area contributed by atoms with Gasteiger partial charge in [-0.2, -0.15) is 0 Å². The first kappa shape index (κ1) is 34.1. The largest absolute Gasteiger partial charge is 0.457 e. The third-order valence-electron chi connectivity index (χ3n) is 14.9. The minimum absolute atomic E-state index is 0.0284. The summed E-state index contributed by atoms with van der Waals surface area (Å²) in [5.41, 5.74) is -1.17. The number of aliphatic hydroxyl groups excluding tert-OH is 1. The zero-order chi connectivity index (χ0) is 33.0. The number of carbonyl (C=O) groups is 1. The zero-order valence-electron chi connectivity index (χ0n) is 29.4. The van der Waals surface area contributed by atoms with Crippen molar-refractivity contribution in [2.24, 2.45) is 50.7 Å². The van der Waals surface area contributed by atoms with E-state index < -0.39 is 36.4 Å². The number of aliphatic hydroxyl groups is 2. The highest BCUT2D eigenvalue weighted by molar-refractivity contribution is 5.66. The molecule has 1 heterocycles. The standard InChI is InChI=1S/C36H60O9/c1-20-17-22(29(32(5,6)39)43-21(2)37)44-27-26(20)33(7)15-16-36-18-35(36)14-13-25(45-30(41-10)42-19-40-9)31(3,4)23(35)11-12-24(36)34(33,8)28(27)38/h20,22-30,38-39H,11-19H2,1-10H3/t20-,22-,23+,24+,25+,26+,27+,28+,29+,30+,33-,34-,35?,36+/m1/s1. The molecular weight excluding hydrogens is 576 g/mol. The second-order valence-corrected chi connectivity index (χ2v) is 17.5. The lowest BCUT2D eigenvalue weighted by Crippen LogP contribution is -2.60. The lowest BCUT2D eigenvalue weighted by atomic mass is 9.41. The number of carbonyl (C=O) groups excluding carboxylic acids is 1. The molecule has 45 heavy (non-hydrogen) atoms. The fourth-order valence-corrected chi connectivity index (χ4v) is 13.0. The fraction of sp³-hybridized carbons (Fsp3) is 0.972. The van der Waals surface area contributed by atoms with Crippen molar-refractivity contribution in [3.63, 3.8) is 0 Å². The molecule has 6 aliphatic rings. The van der Waals surface area contributed by atoms with Gasteiger partial charge in [0.15, 0.2) is 12.9 Å². The van der Waals surface area contributed by atoms with E-state index in [0.29, 0.717) is 18.3 Å². The SMILES string of the molecule is COCO[C@H](OC)O[C@H]1CCC23C[C@]24CC[C@]2(C)[C@@H]5[C@H](O[C@@H]([C@H](OC(C)=O)C(C)(C)O)C[C@H]5C)[C@H](O)[C@@]2(C)[C@@H]4CC[C@H]3C1(C)C. The van der Waals surface area contributed by atoms with Gasteiger partial charge in [0.05, 0.1) is 30.0 Å². The van der Waals surface area contributed by atoms with E-state index in [1.807, 2.05) is 0 Å². The molecule has 258 valence electrons. The van der Waals surface area contributed by atoms with Crippen LogP contribution in [0.25, 0.3) is 0 Å². The highest BCUT2D eigenvalue weighted by atomic mass is 16.9. The summed E-state index contributed by atoms with van der Waals surface area (Å²) in [5.74, 6) is 0.982. The van der Waals surface area contributed by atoms with Crippen molar-refractivity contribution in [3.8, 4) is 0 Å². The van der Waals surface area contributed by atoms with Crippen molar-refractivity contribution in [1.29, 1.82) is 0 Å². The molecule has 9 nitrogen and oxygen atoms in total. The van der Waals surface area contributed by atoms with Gasteiger partial charge < -0.3 is 38.6 Å². The quantitative estimate of drug-likeness (QED) is 0.252. The number of hydrogen-bond donors (Lipinski definition) is 2. The summed E-state index contributed by atoms with van der Waals surface area (Å²) in [6.45, 7) is 16.0. The smallest absolute Gasteiger partial charge is 0.303 e. The van der Waals surface area contributed by atoms with Gasteiger partial charge in [-0.15, -0.1) is 0 Å². The predicted octanol–water partition coefficient (Wildman–Crippen LogP) is 5.44. The van der Waals surface area contributed by atoms with E-state index in [1.165, 1.54) is 19.8 Å². The van der Waals surface area contributed by atoms with Crippen LogP contribution in [0.1, 0.15) is 107 Å². The van der Waals surface area contributed by atoms with Gasteiger partial charge in [-0.1, -0.05) is 34.6 Å². The molecule has 14 atom stereocenters. The molecular formula is C36H60O9. The van der Waals surface area contributed by atoms with Crippen molar-refractivity contribution in [2.45, 2.75) is 149 Å². The first-order valence-corrected chi connectivity index (χ1v) is 17.5. The molecule has 0 bridgehead atoms. The molecule has 0 aromatic carbocycles. The van der Waals surface area contributed by atoms with E-state index in [2.05, 4.69) is 34.6 Å². The number of fused-ring (bicyclic) bond motifs is 4. The van der Waals surface area contributed by atoms with E-state index in [1.54, 1.807) is 28.1 Å². The molecule has 0 aromatic rings. The minimum atomic E-state index is -1.26. The summed E-state index contributed by atoms with van der Waals surface area (Å²) in [7, 11) is 3.20. The maximum absolute atomic E-state index is 12.5. The van der Waals surface area contributed by atoms with Gasteiger partial charge >= 0.3 is 5.97 Å².